The summed E-state index contributed by atoms with van der Waals surface area (Å²) >= 11 is 1.34. The van der Waals surface area contributed by atoms with Crippen LogP contribution in [0.4, 0.5) is 5.13 Å². The minimum absolute atomic E-state index is 0.0467. The van der Waals surface area contributed by atoms with Crippen molar-refractivity contribution in [3.8, 4) is 17.6 Å². The smallest absolute Gasteiger partial charge is 0.320 e. The van der Waals surface area contributed by atoms with Gasteiger partial charge in [-0.15, -0.1) is 0 Å². The number of carbonyl (C=O) groups is 1. The second-order valence-corrected chi connectivity index (χ2v) is 5.59. The molecule has 0 saturated carbocycles. The number of nitrogens with one attached hydrogen (secondary N) is 1. The third-order valence-electron chi connectivity index (χ3n) is 3.13. The minimum atomic E-state index is -0.438. The van der Waals surface area contributed by atoms with Gasteiger partial charge in [0, 0.05) is 6.07 Å². The van der Waals surface area contributed by atoms with Crippen LogP contribution in [0, 0.1) is 0 Å². The topological polar surface area (TPSA) is 95.5 Å². The highest BCUT2D eigenvalue weighted by Crippen LogP contribution is 2.32. The summed E-state index contributed by atoms with van der Waals surface area (Å²) in [5.74, 6) is 0.444. The highest BCUT2D eigenvalue weighted by Gasteiger charge is 2.16. The number of thiazole rings is 1. The maximum absolute atomic E-state index is 12.4. The van der Waals surface area contributed by atoms with Gasteiger partial charge in [-0.05, 0) is 12.1 Å². The van der Waals surface area contributed by atoms with Gasteiger partial charge in [-0.3, -0.25) is 10.1 Å². The molecule has 2 aromatic heterocycles. The van der Waals surface area contributed by atoms with Crippen molar-refractivity contribution in [2.24, 2.45) is 0 Å². The Kier molecular flexibility index (Phi) is 4.43. The molecule has 2 heterocycles. The molecule has 0 aliphatic carbocycles. The standard InChI is InChI=1S/C15H14N4O4S/c1-21-9-5-4-6-10-12(9)18-15(24-10)19-13(20)8-7-11(22-2)17-14(16-8)23-3/h4-7H,1-3H3,(H,18,19,20). The summed E-state index contributed by atoms with van der Waals surface area (Å²) in [5, 5.41) is 3.15. The summed E-state index contributed by atoms with van der Waals surface area (Å²) in [4.78, 5) is 24.8. The first-order valence-corrected chi connectivity index (χ1v) is 7.68. The Morgan fingerprint density at radius 2 is 1.92 bits per heavy atom. The molecule has 8 nitrogen and oxygen atoms in total. The average molecular weight is 346 g/mol. The number of methoxy groups -OCH3 is 3. The van der Waals surface area contributed by atoms with Crippen molar-refractivity contribution < 1.29 is 19.0 Å². The first-order chi connectivity index (χ1) is 11.6. The Hall–Kier alpha value is -2.94. The van der Waals surface area contributed by atoms with E-state index in [2.05, 4.69) is 20.3 Å². The molecule has 3 rings (SSSR count). The van der Waals surface area contributed by atoms with Crippen LogP contribution in [0.3, 0.4) is 0 Å². The fourth-order valence-electron chi connectivity index (χ4n) is 2.02. The molecule has 1 N–H and O–H groups in total. The number of carbonyl (C=O) groups excluding carboxylic acids is 1. The van der Waals surface area contributed by atoms with E-state index >= 15 is 0 Å². The molecular formula is C15H14N4O4S. The number of ether oxygens (including phenoxy) is 3. The van der Waals surface area contributed by atoms with E-state index in [1.54, 1.807) is 7.11 Å². The van der Waals surface area contributed by atoms with Gasteiger partial charge in [-0.25, -0.2) is 4.98 Å². The van der Waals surface area contributed by atoms with Crippen LogP contribution in [0.2, 0.25) is 0 Å². The van der Waals surface area contributed by atoms with Crippen LogP contribution in [0.5, 0.6) is 17.6 Å². The van der Waals surface area contributed by atoms with E-state index in [1.165, 1.54) is 31.6 Å². The summed E-state index contributed by atoms with van der Waals surface area (Å²) < 4.78 is 16.2. The molecule has 0 bridgehead atoms. The van der Waals surface area contributed by atoms with Gasteiger partial charge >= 0.3 is 6.01 Å². The monoisotopic (exact) mass is 346 g/mol. The van der Waals surface area contributed by atoms with Crippen LogP contribution < -0.4 is 19.5 Å². The van der Waals surface area contributed by atoms with E-state index in [4.69, 9.17) is 14.2 Å². The minimum Gasteiger partial charge on any atom is -0.494 e. The third-order valence-corrected chi connectivity index (χ3v) is 4.06. The van der Waals surface area contributed by atoms with Gasteiger partial charge in [-0.2, -0.15) is 9.97 Å². The molecule has 0 radical (unpaired) electrons. The van der Waals surface area contributed by atoms with Gasteiger partial charge in [0.25, 0.3) is 5.91 Å². The summed E-state index contributed by atoms with van der Waals surface area (Å²) in [6.45, 7) is 0. The predicted molar refractivity (Wildman–Crippen MR) is 89.3 cm³/mol. The van der Waals surface area contributed by atoms with Crippen molar-refractivity contribution in [2.75, 3.05) is 26.6 Å². The lowest BCUT2D eigenvalue weighted by atomic mass is 10.3. The number of para-hydroxylation sites is 1. The van der Waals surface area contributed by atoms with E-state index in [1.807, 2.05) is 18.2 Å². The number of nitrogens with zero attached hydrogens (tertiary/aromatic N) is 3. The largest absolute Gasteiger partial charge is 0.494 e. The van der Waals surface area contributed by atoms with Crippen LogP contribution in [-0.2, 0) is 0 Å². The quantitative estimate of drug-likeness (QED) is 0.757. The number of hydrogen-bond donors (Lipinski definition) is 1. The molecule has 24 heavy (non-hydrogen) atoms. The van der Waals surface area contributed by atoms with E-state index in [9.17, 15) is 4.79 Å². The molecule has 3 aromatic rings. The zero-order valence-electron chi connectivity index (χ0n) is 13.2. The molecule has 9 heteroatoms. The molecular weight excluding hydrogens is 332 g/mol. The van der Waals surface area contributed by atoms with Crippen LogP contribution >= 0.6 is 11.3 Å². The van der Waals surface area contributed by atoms with Gasteiger partial charge in [0.2, 0.25) is 5.88 Å². The number of amides is 1. The van der Waals surface area contributed by atoms with Crippen molar-refractivity contribution in [3.63, 3.8) is 0 Å². The molecule has 0 atom stereocenters. The first kappa shape index (κ1) is 15.9. The van der Waals surface area contributed by atoms with E-state index in [0.717, 1.165) is 4.70 Å². The van der Waals surface area contributed by atoms with Crippen molar-refractivity contribution in [1.29, 1.82) is 0 Å². The maximum Gasteiger partial charge on any atom is 0.320 e. The zero-order chi connectivity index (χ0) is 17.1. The highest BCUT2D eigenvalue weighted by molar-refractivity contribution is 7.22. The van der Waals surface area contributed by atoms with Crippen LogP contribution in [-0.4, -0.2) is 42.2 Å². The predicted octanol–water partition coefficient (Wildman–Crippen LogP) is 2.36. The highest BCUT2D eigenvalue weighted by atomic mass is 32.1. The normalized spacial score (nSPS) is 10.5. The van der Waals surface area contributed by atoms with Crippen molar-refractivity contribution >= 4 is 32.6 Å². The average Bonchev–Trinajstić information content (AvgIpc) is 3.03. The molecule has 0 aliphatic heterocycles. The number of anilines is 1. The number of benzene rings is 1. The molecule has 124 valence electrons. The van der Waals surface area contributed by atoms with Gasteiger partial charge in [0.15, 0.2) is 5.13 Å². The van der Waals surface area contributed by atoms with E-state index in [0.29, 0.717) is 16.4 Å². The molecule has 1 amide bonds. The SMILES string of the molecule is COc1cc(C(=O)Nc2nc3c(OC)cccc3s2)nc(OC)n1. The van der Waals surface area contributed by atoms with Crippen LogP contribution in [0.1, 0.15) is 10.5 Å². The first-order valence-electron chi connectivity index (χ1n) is 6.86. The Bertz CT molecular complexity index is 874. The van der Waals surface area contributed by atoms with Crippen molar-refractivity contribution in [2.45, 2.75) is 0 Å². The summed E-state index contributed by atoms with van der Waals surface area (Å²) in [6.07, 6.45) is 0. The van der Waals surface area contributed by atoms with E-state index < -0.39 is 5.91 Å². The number of aromatic nitrogens is 3. The van der Waals surface area contributed by atoms with Gasteiger partial charge in [0.05, 0.1) is 26.0 Å². The summed E-state index contributed by atoms with van der Waals surface area (Å²) in [7, 11) is 4.44. The Balaban J connectivity index is 1.90. The molecule has 0 fully saturated rings. The fourth-order valence-corrected chi connectivity index (χ4v) is 2.90. The second kappa shape index (κ2) is 6.67. The molecule has 0 unspecified atom stereocenters. The third kappa shape index (κ3) is 3.06. The lowest BCUT2D eigenvalue weighted by Crippen LogP contribution is -2.14. The second-order valence-electron chi connectivity index (χ2n) is 4.56. The van der Waals surface area contributed by atoms with Crippen LogP contribution in [0.15, 0.2) is 24.3 Å². The Morgan fingerprint density at radius 3 is 2.62 bits per heavy atom. The lowest BCUT2D eigenvalue weighted by Gasteiger charge is -2.05. The lowest BCUT2D eigenvalue weighted by molar-refractivity contribution is 0.102. The van der Waals surface area contributed by atoms with Gasteiger partial charge in [-0.1, -0.05) is 17.4 Å². The molecule has 0 saturated heterocycles. The maximum atomic E-state index is 12.4. The number of rotatable bonds is 5. The zero-order valence-corrected chi connectivity index (χ0v) is 14.0. The van der Waals surface area contributed by atoms with Crippen molar-refractivity contribution in [1.82, 2.24) is 15.0 Å². The van der Waals surface area contributed by atoms with Crippen LogP contribution in [0.25, 0.3) is 10.2 Å². The van der Waals surface area contributed by atoms with Gasteiger partial charge in [0.1, 0.15) is 17.0 Å². The van der Waals surface area contributed by atoms with Gasteiger partial charge < -0.3 is 14.2 Å². The molecule has 0 aliphatic rings. The van der Waals surface area contributed by atoms with E-state index in [-0.39, 0.29) is 17.6 Å². The molecule has 0 spiro atoms. The fraction of sp³-hybridized carbons (Fsp3) is 0.200. The summed E-state index contributed by atoms with van der Waals surface area (Å²) in [6, 6.07) is 7.05. The Labute approximate surface area is 141 Å². The number of fused-ring (bicyclic) bond motifs is 1. The Morgan fingerprint density at radius 1 is 1.08 bits per heavy atom. The number of hydrogen-bond acceptors (Lipinski definition) is 8. The molecule has 1 aromatic carbocycles. The van der Waals surface area contributed by atoms with Crippen molar-refractivity contribution in [3.05, 3.63) is 30.0 Å². The summed E-state index contributed by atoms with van der Waals surface area (Å²) in [5.41, 5.74) is 0.808.